The molecule has 0 aromatic rings. The van der Waals surface area contributed by atoms with Crippen molar-refractivity contribution in [3.63, 3.8) is 0 Å². The van der Waals surface area contributed by atoms with Crippen LogP contribution in [0.1, 0.15) is 46.0 Å². The summed E-state index contributed by atoms with van der Waals surface area (Å²) in [6.45, 7) is 4.72. The minimum absolute atomic E-state index is 0.0487. The number of allylic oxidation sites excluding steroid dienone is 3. The zero-order valence-electron chi connectivity index (χ0n) is 14.4. The molecule has 0 bridgehead atoms. The highest BCUT2D eigenvalue weighted by atomic mass is 16.2. The Labute approximate surface area is 142 Å². The molecule has 0 spiro atoms. The zero-order chi connectivity index (χ0) is 17.5. The first-order chi connectivity index (χ1) is 11.3. The molecule has 2 amide bonds. The first-order valence-electron chi connectivity index (χ1n) is 8.82. The van der Waals surface area contributed by atoms with E-state index < -0.39 is 0 Å². The van der Waals surface area contributed by atoms with Crippen molar-refractivity contribution < 1.29 is 14.4 Å². The van der Waals surface area contributed by atoms with E-state index in [1.165, 1.54) is 0 Å². The molecule has 0 radical (unpaired) electrons. The summed E-state index contributed by atoms with van der Waals surface area (Å²) in [5.41, 5.74) is 7.24. The lowest BCUT2D eigenvalue weighted by Gasteiger charge is -2.51. The summed E-state index contributed by atoms with van der Waals surface area (Å²) in [6.07, 6.45) is 7.05. The maximum atomic E-state index is 12.9. The summed E-state index contributed by atoms with van der Waals surface area (Å²) < 4.78 is 0. The fraction of sp³-hybridized carbons (Fsp3) is 0.632. The highest BCUT2D eigenvalue weighted by molar-refractivity contribution is 5.95. The molecule has 0 aromatic heterocycles. The number of carbonyl (C=O) groups excluding carboxylic acids is 3. The third-order valence-electron chi connectivity index (χ3n) is 6.32. The molecule has 0 saturated heterocycles. The number of hydrogen-bond acceptors (Lipinski definition) is 3. The van der Waals surface area contributed by atoms with Gasteiger partial charge in [0.05, 0.1) is 0 Å². The van der Waals surface area contributed by atoms with Crippen molar-refractivity contribution in [2.45, 2.75) is 46.0 Å². The first-order valence-corrected chi connectivity index (χ1v) is 8.82. The molecule has 24 heavy (non-hydrogen) atoms. The second-order valence-electron chi connectivity index (χ2n) is 7.71. The Balaban J connectivity index is 1.97. The Hall–Kier alpha value is -1.91. The van der Waals surface area contributed by atoms with Crippen LogP contribution < -0.4 is 11.1 Å². The number of primary amides is 1. The summed E-state index contributed by atoms with van der Waals surface area (Å²) in [7, 11) is 0. The van der Waals surface area contributed by atoms with Crippen LogP contribution in [0.2, 0.25) is 0 Å². The number of ketones is 1. The quantitative estimate of drug-likeness (QED) is 0.828. The van der Waals surface area contributed by atoms with E-state index in [-0.39, 0.29) is 40.8 Å². The van der Waals surface area contributed by atoms with Gasteiger partial charge in [0.25, 0.3) is 0 Å². The lowest BCUT2D eigenvalue weighted by atomic mass is 9.52. The van der Waals surface area contributed by atoms with Gasteiger partial charge in [-0.25, -0.2) is 0 Å². The minimum Gasteiger partial charge on any atom is -0.370 e. The van der Waals surface area contributed by atoms with Crippen molar-refractivity contribution in [1.82, 2.24) is 5.32 Å². The van der Waals surface area contributed by atoms with Crippen molar-refractivity contribution in [3.05, 3.63) is 23.3 Å². The average molecular weight is 330 g/mol. The number of nitrogens with two attached hydrogens (primary N) is 1. The van der Waals surface area contributed by atoms with Gasteiger partial charge in [-0.2, -0.15) is 0 Å². The molecule has 3 aliphatic rings. The molecule has 0 aromatic carbocycles. The van der Waals surface area contributed by atoms with Crippen LogP contribution in [0, 0.1) is 23.2 Å². The molecule has 3 N–H and O–H groups in total. The van der Waals surface area contributed by atoms with E-state index in [1.54, 1.807) is 12.2 Å². The standard InChI is InChI=1S/C19H26N2O3/c1-11-9-15(22)18-14(13(11)5-6-16(20)23)4-3-12-10-17(24)21-8-7-19(12,18)2/h9-10,13-14,18H,3-8H2,1-2H3,(H2,20,23)(H,21,24)/t13-,14+,18-,19+/m1/s1. The zero-order valence-corrected chi connectivity index (χ0v) is 14.4. The van der Waals surface area contributed by atoms with Crippen molar-refractivity contribution in [3.8, 4) is 0 Å². The Morgan fingerprint density at radius 1 is 1.38 bits per heavy atom. The summed E-state index contributed by atoms with van der Waals surface area (Å²) in [6, 6.07) is 0. The molecule has 0 unspecified atom stereocenters. The van der Waals surface area contributed by atoms with Gasteiger partial charge >= 0.3 is 0 Å². The van der Waals surface area contributed by atoms with Crippen molar-refractivity contribution in [2.24, 2.45) is 28.9 Å². The van der Waals surface area contributed by atoms with Crippen molar-refractivity contribution in [2.75, 3.05) is 6.54 Å². The molecule has 1 saturated carbocycles. The Kier molecular flexibility index (Phi) is 4.37. The lowest BCUT2D eigenvalue weighted by molar-refractivity contribution is -0.127. The Morgan fingerprint density at radius 3 is 2.83 bits per heavy atom. The third kappa shape index (κ3) is 2.80. The number of amides is 2. The summed E-state index contributed by atoms with van der Waals surface area (Å²) in [4.78, 5) is 36.0. The van der Waals surface area contributed by atoms with Crippen molar-refractivity contribution >= 4 is 17.6 Å². The monoisotopic (exact) mass is 330 g/mol. The Bertz CT molecular complexity index is 649. The molecular weight excluding hydrogens is 304 g/mol. The van der Waals surface area contributed by atoms with E-state index in [1.807, 2.05) is 6.92 Å². The fourth-order valence-electron chi connectivity index (χ4n) is 5.11. The predicted molar refractivity (Wildman–Crippen MR) is 90.7 cm³/mol. The topological polar surface area (TPSA) is 89.3 Å². The fourth-order valence-corrected chi connectivity index (χ4v) is 5.11. The number of hydrogen-bond donors (Lipinski definition) is 2. The number of nitrogens with one attached hydrogen (secondary N) is 1. The summed E-state index contributed by atoms with van der Waals surface area (Å²) in [5, 5.41) is 2.89. The van der Waals surface area contributed by atoms with Crippen LogP contribution in [0.5, 0.6) is 0 Å². The highest BCUT2D eigenvalue weighted by Crippen LogP contribution is 2.56. The minimum atomic E-state index is -0.289. The van der Waals surface area contributed by atoms with E-state index >= 15 is 0 Å². The second-order valence-corrected chi connectivity index (χ2v) is 7.71. The average Bonchev–Trinajstić information content (AvgIpc) is 2.63. The van der Waals surface area contributed by atoms with E-state index in [0.717, 1.165) is 30.4 Å². The molecule has 130 valence electrons. The van der Waals surface area contributed by atoms with Crippen LogP contribution in [0.15, 0.2) is 23.3 Å². The maximum Gasteiger partial charge on any atom is 0.243 e. The maximum absolute atomic E-state index is 12.9. The van der Waals surface area contributed by atoms with Gasteiger partial charge in [0.1, 0.15) is 0 Å². The molecule has 1 fully saturated rings. The molecular formula is C19H26N2O3. The third-order valence-corrected chi connectivity index (χ3v) is 6.32. The number of carbonyl (C=O) groups is 3. The molecule has 5 heteroatoms. The number of fused-ring (bicyclic) bond motifs is 3. The van der Waals surface area contributed by atoms with Gasteiger partial charge in [-0.15, -0.1) is 0 Å². The predicted octanol–water partition coefficient (Wildman–Crippen LogP) is 1.88. The highest BCUT2D eigenvalue weighted by Gasteiger charge is 2.52. The van der Waals surface area contributed by atoms with Crippen LogP contribution in [0.3, 0.4) is 0 Å². The van der Waals surface area contributed by atoms with Gasteiger partial charge in [-0.3, -0.25) is 14.4 Å². The van der Waals surface area contributed by atoms with Gasteiger partial charge in [-0.1, -0.05) is 18.1 Å². The van der Waals surface area contributed by atoms with E-state index in [0.29, 0.717) is 19.4 Å². The molecule has 1 aliphatic heterocycles. The first kappa shape index (κ1) is 16.9. The molecule has 4 atom stereocenters. The Morgan fingerprint density at radius 2 is 2.12 bits per heavy atom. The van der Waals surface area contributed by atoms with Crippen LogP contribution >= 0.6 is 0 Å². The largest absolute Gasteiger partial charge is 0.370 e. The molecule has 1 heterocycles. The molecule has 5 nitrogen and oxygen atoms in total. The van der Waals surface area contributed by atoms with Gasteiger partial charge < -0.3 is 11.1 Å². The van der Waals surface area contributed by atoms with Crippen molar-refractivity contribution in [1.29, 1.82) is 0 Å². The summed E-state index contributed by atoms with van der Waals surface area (Å²) >= 11 is 0. The van der Waals surface area contributed by atoms with E-state index in [4.69, 9.17) is 5.73 Å². The van der Waals surface area contributed by atoms with Gasteiger partial charge in [0.15, 0.2) is 5.78 Å². The lowest BCUT2D eigenvalue weighted by Crippen LogP contribution is -2.48. The summed E-state index contributed by atoms with van der Waals surface area (Å²) in [5.74, 6) is 0.195. The second kappa shape index (κ2) is 6.19. The molecule has 3 rings (SSSR count). The smallest absolute Gasteiger partial charge is 0.243 e. The van der Waals surface area contributed by atoms with Crippen LogP contribution in [-0.4, -0.2) is 24.1 Å². The van der Waals surface area contributed by atoms with Crippen LogP contribution in [-0.2, 0) is 14.4 Å². The van der Waals surface area contributed by atoms with Gasteiger partial charge in [0.2, 0.25) is 11.8 Å². The van der Waals surface area contributed by atoms with Gasteiger partial charge in [-0.05, 0) is 50.5 Å². The SMILES string of the molecule is CC1=CC(=O)[C@H]2[C@@H](CCC3=CC(=O)NCC[C@@]32C)[C@@H]1CCC(N)=O. The van der Waals surface area contributed by atoms with Crippen LogP contribution in [0.4, 0.5) is 0 Å². The normalized spacial score (nSPS) is 35.8. The van der Waals surface area contributed by atoms with Crippen LogP contribution in [0.25, 0.3) is 0 Å². The number of rotatable bonds is 3. The van der Waals surface area contributed by atoms with Gasteiger partial charge in [0, 0.05) is 30.4 Å². The van der Waals surface area contributed by atoms with E-state index in [2.05, 4.69) is 12.2 Å². The molecule has 2 aliphatic carbocycles. The van der Waals surface area contributed by atoms with E-state index in [9.17, 15) is 14.4 Å².